The zero-order valence-electron chi connectivity index (χ0n) is 11.0. The first-order valence-corrected chi connectivity index (χ1v) is 6.27. The van der Waals surface area contributed by atoms with Gasteiger partial charge in [-0.05, 0) is 30.3 Å². The van der Waals surface area contributed by atoms with Crippen LogP contribution in [0.2, 0.25) is 0 Å². The van der Waals surface area contributed by atoms with E-state index in [4.69, 9.17) is 5.11 Å². The van der Waals surface area contributed by atoms with Gasteiger partial charge in [0.05, 0.1) is 7.05 Å². The van der Waals surface area contributed by atoms with Gasteiger partial charge in [0, 0.05) is 12.6 Å². The summed E-state index contributed by atoms with van der Waals surface area (Å²) in [4.78, 5) is 35.1. The van der Waals surface area contributed by atoms with Gasteiger partial charge < -0.3 is 20.1 Å². The van der Waals surface area contributed by atoms with Crippen molar-refractivity contribution in [3.63, 3.8) is 0 Å². The van der Waals surface area contributed by atoms with Crippen molar-refractivity contribution in [2.75, 3.05) is 6.54 Å². The van der Waals surface area contributed by atoms with Crippen molar-refractivity contribution >= 4 is 17.7 Å². The zero-order valence-corrected chi connectivity index (χ0v) is 11.0. The van der Waals surface area contributed by atoms with E-state index in [0.717, 1.165) is 12.8 Å². The third-order valence-electron chi connectivity index (χ3n) is 3.55. The molecule has 1 aromatic rings. The van der Waals surface area contributed by atoms with Gasteiger partial charge in [0.2, 0.25) is 0 Å². The van der Waals surface area contributed by atoms with Gasteiger partial charge in [-0.2, -0.15) is 0 Å². The van der Waals surface area contributed by atoms with Crippen molar-refractivity contribution in [1.29, 1.82) is 0 Å². The van der Waals surface area contributed by atoms with E-state index in [2.05, 4.69) is 0 Å². The van der Waals surface area contributed by atoms with E-state index >= 15 is 0 Å². The predicted octanol–water partition coefficient (Wildman–Crippen LogP) is 1.01. The zero-order chi connectivity index (χ0) is 14.9. The molecule has 1 fully saturated rings. The Morgan fingerprint density at radius 3 is 2.65 bits per heavy atom. The molecule has 1 aliphatic rings. The molecule has 1 saturated heterocycles. The minimum atomic E-state index is -1.04. The van der Waals surface area contributed by atoms with Crippen LogP contribution in [-0.2, 0) is 11.8 Å². The number of aliphatic carboxylic acids is 1. The third kappa shape index (κ3) is 2.36. The molecule has 108 valence electrons. The average molecular weight is 281 g/mol. The molecule has 2 heterocycles. The van der Waals surface area contributed by atoms with E-state index < -0.39 is 22.8 Å². The average Bonchev–Trinajstić information content (AvgIpc) is 2.79. The number of hydrogen-bond acceptors (Lipinski definition) is 4. The highest BCUT2D eigenvalue weighted by atomic mass is 16.6. The maximum Gasteiger partial charge on any atom is 0.326 e. The molecular weight excluding hydrogens is 266 g/mol. The van der Waals surface area contributed by atoms with E-state index in [1.165, 1.54) is 28.6 Å². The van der Waals surface area contributed by atoms with Gasteiger partial charge in [-0.3, -0.25) is 4.79 Å². The van der Waals surface area contributed by atoms with E-state index in [0.29, 0.717) is 13.0 Å². The van der Waals surface area contributed by atoms with Crippen LogP contribution < -0.4 is 0 Å². The number of hydrogen-bond donors (Lipinski definition) is 1. The number of carboxylic acid groups (broad SMARTS) is 1. The van der Waals surface area contributed by atoms with Crippen molar-refractivity contribution in [2.24, 2.45) is 7.05 Å². The summed E-state index contributed by atoms with van der Waals surface area (Å²) < 4.78 is 1.18. The van der Waals surface area contributed by atoms with Gasteiger partial charge in [0.25, 0.3) is 5.91 Å². The molecule has 0 saturated carbocycles. The normalized spacial score (nSPS) is 18.9. The molecule has 0 aromatic carbocycles. The molecule has 8 nitrogen and oxygen atoms in total. The number of amides is 1. The van der Waals surface area contributed by atoms with Gasteiger partial charge in [-0.25, -0.2) is 9.36 Å². The summed E-state index contributed by atoms with van der Waals surface area (Å²) in [6, 6.07) is 1.74. The fourth-order valence-electron chi connectivity index (χ4n) is 2.48. The Labute approximate surface area is 114 Å². The maximum absolute atomic E-state index is 12.4. The van der Waals surface area contributed by atoms with E-state index in [-0.39, 0.29) is 11.5 Å². The van der Waals surface area contributed by atoms with Crippen LogP contribution in [0.5, 0.6) is 0 Å². The lowest BCUT2D eigenvalue weighted by atomic mass is 10.0. The fourth-order valence-corrected chi connectivity index (χ4v) is 2.48. The molecule has 20 heavy (non-hydrogen) atoms. The second kappa shape index (κ2) is 5.32. The summed E-state index contributed by atoms with van der Waals surface area (Å²) in [6.45, 7) is 0.356. The Bertz CT molecular complexity index is 565. The molecule has 8 heteroatoms. The number of piperidine rings is 1. The number of nitro groups is 1. The lowest BCUT2D eigenvalue weighted by Crippen LogP contribution is -2.48. The molecule has 1 N–H and O–H groups in total. The highest BCUT2D eigenvalue weighted by Gasteiger charge is 2.35. The first kappa shape index (κ1) is 14.0. The summed E-state index contributed by atoms with van der Waals surface area (Å²) in [7, 11) is 1.42. The summed E-state index contributed by atoms with van der Waals surface area (Å²) in [5, 5.41) is 19.9. The Morgan fingerprint density at radius 1 is 1.40 bits per heavy atom. The molecule has 1 aliphatic heterocycles. The van der Waals surface area contributed by atoms with Crippen LogP contribution in [0.25, 0.3) is 0 Å². The maximum atomic E-state index is 12.4. The minimum Gasteiger partial charge on any atom is -0.480 e. The molecule has 0 radical (unpaired) electrons. The van der Waals surface area contributed by atoms with Crippen LogP contribution in [-0.4, -0.2) is 44.0 Å². The van der Waals surface area contributed by atoms with Gasteiger partial charge in [-0.1, -0.05) is 0 Å². The van der Waals surface area contributed by atoms with E-state index in [1.54, 1.807) is 0 Å². The van der Waals surface area contributed by atoms with Crippen LogP contribution in [0.3, 0.4) is 0 Å². The Hall–Kier alpha value is -2.38. The number of carbonyl (C=O) groups excluding carboxylic acids is 1. The molecule has 0 unspecified atom stereocenters. The van der Waals surface area contributed by atoms with Gasteiger partial charge in [-0.15, -0.1) is 0 Å². The Morgan fingerprint density at radius 2 is 2.10 bits per heavy atom. The van der Waals surface area contributed by atoms with Crippen molar-refractivity contribution in [3.05, 3.63) is 27.9 Å². The van der Waals surface area contributed by atoms with Crippen LogP contribution in [0.15, 0.2) is 12.1 Å². The third-order valence-corrected chi connectivity index (χ3v) is 3.55. The topological polar surface area (TPSA) is 106 Å². The number of aromatic nitrogens is 1. The first-order chi connectivity index (χ1) is 9.43. The van der Waals surface area contributed by atoms with Crippen LogP contribution in [0.1, 0.15) is 29.8 Å². The van der Waals surface area contributed by atoms with E-state index in [1.807, 2.05) is 0 Å². The lowest BCUT2D eigenvalue weighted by molar-refractivity contribution is -0.391. The molecule has 0 aliphatic carbocycles. The van der Waals surface area contributed by atoms with Crippen LogP contribution >= 0.6 is 0 Å². The number of carboxylic acids is 1. The molecule has 1 aromatic heterocycles. The SMILES string of the molecule is Cn1c(C(=O)N2CCCC[C@@H]2C(=O)O)ccc1[N+](=O)[O-]. The monoisotopic (exact) mass is 281 g/mol. The molecule has 0 bridgehead atoms. The summed E-state index contributed by atoms with van der Waals surface area (Å²) in [5.74, 6) is -1.72. The number of nitrogens with zero attached hydrogens (tertiary/aromatic N) is 3. The van der Waals surface area contributed by atoms with Crippen molar-refractivity contribution < 1.29 is 19.6 Å². The minimum absolute atomic E-state index is 0.129. The molecular formula is C12H15N3O5. The quantitative estimate of drug-likeness (QED) is 0.657. The Kier molecular flexibility index (Phi) is 3.73. The molecule has 1 atom stereocenters. The fraction of sp³-hybridized carbons (Fsp3) is 0.500. The van der Waals surface area contributed by atoms with Crippen molar-refractivity contribution in [2.45, 2.75) is 25.3 Å². The van der Waals surface area contributed by atoms with Crippen molar-refractivity contribution in [1.82, 2.24) is 9.47 Å². The number of carbonyl (C=O) groups is 2. The highest BCUT2D eigenvalue weighted by molar-refractivity contribution is 5.96. The number of rotatable bonds is 3. The van der Waals surface area contributed by atoms with Gasteiger partial charge in [0.15, 0.2) is 5.69 Å². The standard InChI is InChI=1S/C12H15N3O5/c1-13-8(5-6-10(13)15(19)20)11(16)14-7-3-2-4-9(14)12(17)18/h5-6,9H,2-4,7H2,1H3,(H,17,18)/t9-/m1/s1. The predicted molar refractivity (Wildman–Crippen MR) is 68.4 cm³/mol. The first-order valence-electron chi connectivity index (χ1n) is 6.27. The van der Waals surface area contributed by atoms with Gasteiger partial charge in [0.1, 0.15) is 6.04 Å². The summed E-state index contributed by atoms with van der Waals surface area (Å²) in [5.41, 5.74) is 0.129. The molecule has 0 spiro atoms. The number of likely N-dealkylation sites (tertiary alicyclic amines) is 1. The molecule has 1 amide bonds. The second-order valence-electron chi connectivity index (χ2n) is 4.74. The van der Waals surface area contributed by atoms with E-state index in [9.17, 15) is 19.7 Å². The van der Waals surface area contributed by atoms with Gasteiger partial charge >= 0.3 is 11.8 Å². The highest BCUT2D eigenvalue weighted by Crippen LogP contribution is 2.22. The Balaban J connectivity index is 2.30. The second-order valence-corrected chi connectivity index (χ2v) is 4.74. The van der Waals surface area contributed by atoms with Crippen LogP contribution in [0, 0.1) is 10.1 Å². The van der Waals surface area contributed by atoms with Crippen LogP contribution in [0.4, 0.5) is 5.82 Å². The van der Waals surface area contributed by atoms with Crippen molar-refractivity contribution in [3.8, 4) is 0 Å². The largest absolute Gasteiger partial charge is 0.480 e. The lowest BCUT2D eigenvalue weighted by Gasteiger charge is -2.32. The summed E-state index contributed by atoms with van der Waals surface area (Å²) >= 11 is 0. The summed E-state index contributed by atoms with van der Waals surface area (Å²) in [6.07, 6.45) is 1.91. The smallest absolute Gasteiger partial charge is 0.326 e. The molecule has 2 rings (SSSR count).